The molecular formula is C25H38N2O4. The van der Waals surface area contributed by atoms with Gasteiger partial charge in [-0.2, -0.15) is 0 Å². The molecule has 0 aliphatic carbocycles. The van der Waals surface area contributed by atoms with Crippen molar-refractivity contribution in [1.29, 1.82) is 0 Å². The largest absolute Gasteiger partial charge is 0.444 e. The molecule has 2 amide bonds. The van der Waals surface area contributed by atoms with Crippen molar-refractivity contribution in [2.75, 3.05) is 19.6 Å². The number of nitrogens with one attached hydrogen (secondary N) is 1. The smallest absolute Gasteiger partial charge is 0.407 e. The van der Waals surface area contributed by atoms with Crippen LogP contribution in [0.3, 0.4) is 0 Å². The Bertz CT molecular complexity index is 742. The molecule has 6 nitrogen and oxygen atoms in total. The Kier molecular flexibility index (Phi) is 9.08. The first-order valence-electron chi connectivity index (χ1n) is 11.4. The monoisotopic (exact) mass is 430 g/mol. The van der Waals surface area contributed by atoms with Gasteiger partial charge in [0.15, 0.2) is 5.78 Å². The van der Waals surface area contributed by atoms with Crippen molar-refractivity contribution in [2.24, 2.45) is 11.8 Å². The van der Waals surface area contributed by atoms with Crippen molar-refractivity contribution < 1.29 is 19.1 Å². The second-order valence-corrected chi connectivity index (χ2v) is 9.93. The van der Waals surface area contributed by atoms with Crippen molar-refractivity contribution >= 4 is 17.8 Å². The number of hydrogen-bond donors (Lipinski definition) is 1. The summed E-state index contributed by atoms with van der Waals surface area (Å²) in [6, 6.07) is 7.75. The normalized spacial score (nSPS) is 15.1. The highest BCUT2D eigenvalue weighted by molar-refractivity contribution is 5.98. The minimum atomic E-state index is -0.507. The Hall–Kier alpha value is -2.37. The summed E-state index contributed by atoms with van der Waals surface area (Å²) in [5, 5.41) is 2.82. The van der Waals surface area contributed by atoms with Gasteiger partial charge >= 0.3 is 6.09 Å². The van der Waals surface area contributed by atoms with Crippen LogP contribution < -0.4 is 5.32 Å². The molecule has 31 heavy (non-hydrogen) atoms. The molecule has 2 rings (SSSR count). The van der Waals surface area contributed by atoms with Gasteiger partial charge < -0.3 is 15.0 Å². The van der Waals surface area contributed by atoms with E-state index in [4.69, 9.17) is 4.74 Å². The van der Waals surface area contributed by atoms with Gasteiger partial charge in [-0.3, -0.25) is 9.59 Å². The summed E-state index contributed by atoms with van der Waals surface area (Å²) in [5.41, 5.74) is 1.40. The summed E-state index contributed by atoms with van der Waals surface area (Å²) in [6.45, 7) is 11.7. The first-order valence-corrected chi connectivity index (χ1v) is 11.4. The van der Waals surface area contributed by atoms with E-state index in [0.717, 1.165) is 19.3 Å². The number of carbonyl (C=O) groups is 3. The molecular weight excluding hydrogens is 392 g/mol. The van der Waals surface area contributed by atoms with Crippen molar-refractivity contribution in [2.45, 2.75) is 72.3 Å². The molecule has 0 unspecified atom stereocenters. The van der Waals surface area contributed by atoms with Crippen LogP contribution in [0.15, 0.2) is 24.3 Å². The van der Waals surface area contributed by atoms with Gasteiger partial charge in [-0.1, -0.05) is 38.1 Å². The Morgan fingerprint density at radius 2 is 1.68 bits per heavy atom. The van der Waals surface area contributed by atoms with Crippen molar-refractivity contribution in [1.82, 2.24) is 10.2 Å². The molecule has 0 saturated carbocycles. The minimum absolute atomic E-state index is 0.0147. The Morgan fingerprint density at radius 1 is 1.06 bits per heavy atom. The molecule has 1 aliphatic heterocycles. The van der Waals surface area contributed by atoms with Crippen LogP contribution in [0.1, 0.15) is 76.2 Å². The summed E-state index contributed by atoms with van der Waals surface area (Å²) in [5.74, 6) is 0.961. The number of likely N-dealkylation sites (tertiary alicyclic amines) is 1. The van der Waals surface area contributed by atoms with Crippen LogP contribution in [0.2, 0.25) is 0 Å². The summed E-state index contributed by atoms with van der Waals surface area (Å²) in [6.07, 6.45) is 2.76. The number of ether oxygens (including phenoxy) is 1. The van der Waals surface area contributed by atoms with Crippen LogP contribution in [-0.4, -0.2) is 47.9 Å². The first kappa shape index (κ1) is 24.9. The number of hydrogen-bond acceptors (Lipinski definition) is 4. The number of amides is 2. The van der Waals surface area contributed by atoms with Crippen LogP contribution in [0.5, 0.6) is 0 Å². The standard InChI is InChI=1S/C25H38N2O4/c1-18(2)16-19-6-8-21(9-7-19)22(28)10-11-23(29)27-14-12-20(13-15-27)17-26-24(30)31-25(3,4)5/h6-9,18,20H,10-17H2,1-5H3,(H,26,30). The van der Waals surface area contributed by atoms with Crippen molar-refractivity contribution in [3.8, 4) is 0 Å². The lowest BCUT2D eigenvalue weighted by atomic mass is 9.96. The SMILES string of the molecule is CC(C)Cc1ccc(C(=O)CCC(=O)N2CCC(CNC(=O)OC(C)(C)C)CC2)cc1. The lowest BCUT2D eigenvalue weighted by Gasteiger charge is -2.32. The maximum atomic E-state index is 12.5. The van der Waals surface area contributed by atoms with Gasteiger partial charge in [0, 0.05) is 38.0 Å². The predicted molar refractivity (Wildman–Crippen MR) is 122 cm³/mol. The molecule has 6 heteroatoms. The van der Waals surface area contributed by atoms with E-state index in [1.165, 1.54) is 5.56 Å². The highest BCUT2D eigenvalue weighted by Crippen LogP contribution is 2.19. The van der Waals surface area contributed by atoms with E-state index in [1.807, 2.05) is 49.9 Å². The molecule has 1 saturated heterocycles. The average Bonchev–Trinajstić information content (AvgIpc) is 2.69. The number of rotatable bonds is 8. The predicted octanol–water partition coefficient (Wildman–Crippen LogP) is 4.61. The molecule has 1 heterocycles. The fourth-order valence-corrected chi connectivity index (χ4v) is 3.75. The molecule has 0 spiro atoms. The number of nitrogens with zero attached hydrogens (tertiary/aromatic N) is 1. The molecule has 0 atom stereocenters. The molecule has 0 radical (unpaired) electrons. The highest BCUT2D eigenvalue weighted by atomic mass is 16.6. The van der Waals surface area contributed by atoms with E-state index in [-0.39, 0.29) is 24.5 Å². The molecule has 1 fully saturated rings. The van der Waals surface area contributed by atoms with E-state index in [0.29, 0.717) is 37.0 Å². The van der Waals surface area contributed by atoms with Crippen molar-refractivity contribution in [3.63, 3.8) is 0 Å². The van der Waals surface area contributed by atoms with Gasteiger partial charge in [0.05, 0.1) is 0 Å². The quantitative estimate of drug-likeness (QED) is 0.611. The van der Waals surface area contributed by atoms with Crippen LogP contribution in [0, 0.1) is 11.8 Å². The average molecular weight is 431 g/mol. The number of benzene rings is 1. The third kappa shape index (κ3) is 9.11. The maximum Gasteiger partial charge on any atom is 0.407 e. The molecule has 1 aliphatic rings. The van der Waals surface area contributed by atoms with Gasteiger partial charge in [0.25, 0.3) is 0 Å². The lowest BCUT2D eigenvalue weighted by Crippen LogP contribution is -2.42. The summed E-state index contributed by atoms with van der Waals surface area (Å²) in [7, 11) is 0. The third-order valence-electron chi connectivity index (χ3n) is 5.39. The minimum Gasteiger partial charge on any atom is -0.444 e. The summed E-state index contributed by atoms with van der Waals surface area (Å²) >= 11 is 0. The second kappa shape index (κ2) is 11.3. The fourth-order valence-electron chi connectivity index (χ4n) is 3.75. The second-order valence-electron chi connectivity index (χ2n) is 9.93. The highest BCUT2D eigenvalue weighted by Gasteiger charge is 2.24. The first-order chi connectivity index (χ1) is 14.5. The molecule has 172 valence electrons. The molecule has 1 N–H and O–H groups in total. The van der Waals surface area contributed by atoms with Gasteiger partial charge in [0.1, 0.15) is 5.60 Å². The molecule has 1 aromatic rings. The number of alkyl carbamates (subject to hydrolysis) is 1. The summed E-state index contributed by atoms with van der Waals surface area (Å²) < 4.78 is 5.26. The van der Waals surface area contributed by atoms with E-state index < -0.39 is 11.7 Å². The number of carbonyl (C=O) groups excluding carboxylic acids is 3. The zero-order chi connectivity index (χ0) is 23.0. The molecule has 1 aromatic carbocycles. The zero-order valence-electron chi connectivity index (χ0n) is 19.7. The van der Waals surface area contributed by atoms with E-state index >= 15 is 0 Å². The molecule has 0 bridgehead atoms. The number of ketones is 1. The van der Waals surface area contributed by atoms with E-state index in [9.17, 15) is 14.4 Å². The van der Waals surface area contributed by atoms with E-state index in [1.54, 1.807) is 0 Å². The van der Waals surface area contributed by atoms with E-state index in [2.05, 4.69) is 19.2 Å². The fraction of sp³-hybridized carbons (Fsp3) is 0.640. The topological polar surface area (TPSA) is 75.7 Å². The van der Waals surface area contributed by atoms with Crippen LogP contribution >= 0.6 is 0 Å². The van der Waals surface area contributed by atoms with Crippen molar-refractivity contribution in [3.05, 3.63) is 35.4 Å². The van der Waals surface area contributed by atoms with Gasteiger partial charge in [0.2, 0.25) is 5.91 Å². The van der Waals surface area contributed by atoms with Gasteiger partial charge in [-0.15, -0.1) is 0 Å². The zero-order valence-corrected chi connectivity index (χ0v) is 19.7. The third-order valence-corrected chi connectivity index (χ3v) is 5.39. The number of Topliss-reactive ketones (excluding diaryl/α,β-unsaturated/α-hetero) is 1. The summed E-state index contributed by atoms with van der Waals surface area (Å²) in [4.78, 5) is 38.6. The van der Waals surface area contributed by atoms with Crippen LogP contribution in [0.25, 0.3) is 0 Å². The Balaban J connectivity index is 1.69. The van der Waals surface area contributed by atoms with Gasteiger partial charge in [-0.05, 0) is 57.4 Å². The lowest BCUT2D eigenvalue weighted by molar-refractivity contribution is -0.132. The van der Waals surface area contributed by atoms with Gasteiger partial charge in [-0.25, -0.2) is 4.79 Å². The molecule has 0 aromatic heterocycles. The van der Waals surface area contributed by atoms with Crippen LogP contribution in [0.4, 0.5) is 4.79 Å². The van der Waals surface area contributed by atoms with Crippen LogP contribution in [-0.2, 0) is 16.0 Å². The Labute approximate surface area is 186 Å². The number of piperidine rings is 1. The maximum absolute atomic E-state index is 12.5. The Morgan fingerprint density at radius 3 is 2.23 bits per heavy atom.